The van der Waals surface area contributed by atoms with E-state index in [9.17, 15) is 14.0 Å². The summed E-state index contributed by atoms with van der Waals surface area (Å²) < 4.78 is 13.6. The minimum absolute atomic E-state index is 0.0494. The van der Waals surface area contributed by atoms with E-state index in [1.54, 1.807) is 41.3 Å². The Morgan fingerprint density at radius 3 is 2.26 bits per heavy atom. The minimum Gasteiger partial charge on any atom is -0.398 e. The second-order valence-corrected chi connectivity index (χ2v) is 6.46. The second kappa shape index (κ2) is 8.64. The molecule has 0 spiro atoms. The van der Waals surface area contributed by atoms with Crippen LogP contribution in [0.1, 0.15) is 20.7 Å². The second-order valence-electron chi connectivity index (χ2n) is 6.46. The number of piperazine rings is 1. The Bertz CT molecular complexity index is 816. The number of nitrogens with one attached hydrogen (secondary N) is 1. The van der Waals surface area contributed by atoms with E-state index in [0.717, 1.165) is 0 Å². The summed E-state index contributed by atoms with van der Waals surface area (Å²) in [5.41, 5.74) is 6.95. The van der Waals surface area contributed by atoms with Gasteiger partial charge < -0.3 is 16.0 Å². The molecule has 142 valence electrons. The first kappa shape index (κ1) is 18.8. The van der Waals surface area contributed by atoms with Crippen molar-refractivity contribution in [2.75, 3.05) is 45.0 Å². The van der Waals surface area contributed by atoms with Crippen LogP contribution in [0.15, 0.2) is 48.5 Å². The number of benzene rings is 2. The number of anilines is 1. The fourth-order valence-corrected chi connectivity index (χ4v) is 3.10. The lowest BCUT2D eigenvalue weighted by Crippen LogP contribution is -2.50. The van der Waals surface area contributed by atoms with Crippen LogP contribution in [0.3, 0.4) is 0 Å². The lowest BCUT2D eigenvalue weighted by molar-refractivity contribution is 0.0639. The highest BCUT2D eigenvalue weighted by atomic mass is 19.1. The van der Waals surface area contributed by atoms with E-state index in [4.69, 9.17) is 5.73 Å². The van der Waals surface area contributed by atoms with Crippen molar-refractivity contribution >= 4 is 17.5 Å². The van der Waals surface area contributed by atoms with Gasteiger partial charge in [-0.15, -0.1) is 0 Å². The fourth-order valence-electron chi connectivity index (χ4n) is 3.10. The molecule has 2 aromatic carbocycles. The molecule has 0 aromatic heterocycles. The molecule has 1 fully saturated rings. The molecule has 3 rings (SSSR count). The zero-order chi connectivity index (χ0) is 19.2. The minimum atomic E-state index is -0.526. The Morgan fingerprint density at radius 2 is 1.59 bits per heavy atom. The summed E-state index contributed by atoms with van der Waals surface area (Å²) in [6, 6.07) is 13.0. The summed E-state index contributed by atoms with van der Waals surface area (Å²) in [5.74, 6) is -0.996. The van der Waals surface area contributed by atoms with Crippen molar-refractivity contribution in [2.24, 2.45) is 0 Å². The standard InChI is InChI=1S/C20H23FN4O2/c21-17-7-3-1-5-15(17)19(26)23-9-10-24-11-13-25(14-12-24)20(27)16-6-2-4-8-18(16)22/h1-8H,9-14,22H2,(H,23,26). The zero-order valence-corrected chi connectivity index (χ0v) is 15.0. The first-order chi connectivity index (χ1) is 13.1. The molecule has 0 unspecified atom stereocenters. The Morgan fingerprint density at radius 1 is 0.963 bits per heavy atom. The molecular weight excluding hydrogens is 347 g/mol. The largest absolute Gasteiger partial charge is 0.398 e. The van der Waals surface area contributed by atoms with Crippen LogP contribution in [-0.4, -0.2) is 60.9 Å². The molecule has 2 aromatic rings. The number of hydrogen-bond acceptors (Lipinski definition) is 4. The average molecular weight is 370 g/mol. The molecule has 0 saturated carbocycles. The smallest absolute Gasteiger partial charge is 0.256 e. The van der Waals surface area contributed by atoms with Crippen molar-refractivity contribution in [3.8, 4) is 0 Å². The number of rotatable bonds is 5. The van der Waals surface area contributed by atoms with Crippen LogP contribution < -0.4 is 11.1 Å². The van der Waals surface area contributed by atoms with Gasteiger partial charge in [0.15, 0.2) is 0 Å². The van der Waals surface area contributed by atoms with Crippen LogP contribution in [0, 0.1) is 5.82 Å². The summed E-state index contributed by atoms with van der Waals surface area (Å²) in [6.45, 7) is 3.72. The van der Waals surface area contributed by atoms with Crippen LogP contribution in [0.5, 0.6) is 0 Å². The van der Waals surface area contributed by atoms with Gasteiger partial charge in [-0.05, 0) is 24.3 Å². The quantitative estimate of drug-likeness (QED) is 0.784. The molecule has 27 heavy (non-hydrogen) atoms. The number of halogens is 1. The van der Waals surface area contributed by atoms with E-state index < -0.39 is 11.7 Å². The molecule has 7 heteroatoms. The monoisotopic (exact) mass is 370 g/mol. The molecule has 1 aliphatic rings. The summed E-state index contributed by atoms with van der Waals surface area (Å²) in [5, 5.41) is 2.74. The van der Waals surface area contributed by atoms with Crippen molar-refractivity contribution in [2.45, 2.75) is 0 Å². The fraction of sp³-hybridized carbons (Fsp3) is 0.300. The van der Waals surface area contributed by atoms with Crippen LogP contribution in [0.2, 0.25) is 0 Å². The Labute approximate surface area is 157 Å². The Balaban J connectivity index is 1.43. The van der Waals surface area contributed by atoms with E-state index in [1.807, 2.05) is 0 Å². The van der Waals surface area contributed by atoms with E-state index in [0.29, 0.717) is 50.5 Å². The van der Waals surface area contributed by atoms with Gasteiger partial charge in [-0.1, -0.05) is 24.3 Å². The highest BCUT2D eigenvalue weighted by molar-refractivity contribution is 5.99. The third kappa shape index (κ3) is 4.62. The van der Waals surface area contributed by atoms with Crippen molar-refractivity contribution in [1.82, 2.24) is 15.1 Å². The van der Waals surface area contributed by atoms with Gasteiger partial charge in [0.1, 0.15) is 5.82 Å². The third-order valence-electron chi connectivity index (χ3n) is 4.68. The molecular formula is C20H23FN4O2. The Kier molecular flexibility index (Phi) is 6.03. The molecule has 0 bridgehead atoms. The molecule has 0 aliphatic carbocycles. The molecule has 6 nitrogen and oxygen atoms in total. The van der Waals surface area contributed by atoms with Gasteiger partial charge in [-0.2, -0.15) is 0 Å². The maximum atomic E-state index is 13.6. The summed E-state index contributed by atoms with van der Waals surface area (Å²) >= 11 is 0. The SMILES string of the molecule is Nc1ccccc1C(=O)N1CCN(CCNC(=O)c2ccccc2F)CC1. The van der Waals surface area contributed by atoms with Gasteiger partial charge in [0.25, 0.3) is 11.8 Å². The molecule has 1 saturated heterocycles. The number of para-hydroxylation sites is 1. The molecule has 1 heterocycles. The highest BCUT2D eigenvalue weighted by Crippen LogP contribution is 2.15. The molecule has 0 radical (unpaired) electrons. The number of hydrogen-bond donors (Lipinski definition) is 2. The van der Waals surface area contributed by atoms with Crippen LogP contribution in [0.25, 0.3) is 0 Å². The van der Waals surface area contributed by atoms with Gasteiger partial charge in [0, 0.05) is 45.0 Å². The van der Waals surface area contributed by atoms with Crippen molar-refractivity contribution < 1.29 is 14.0 Å². The molecule has 0 atom stereocenters. The summed E-state index contributed by atoms with van der Waals surface area (Å²) in [7, 11) is 0. The predicted octanol–water partition coefficient (Wildman–Crippen LogP) is 1.60. The Hall–Kier alpha value is -2.93. The predicted molar refractivity (Wildman–Crippen MR) is 102 cm³/mol. The van der Waals surface area contributed by atoms with E-state index >= 15 is 0 Å². The number of carbonyl (C=O) groups is 2. The van der Waals surface area contributed by atoms with Crippen molar-refractivity contribution in [3.05, 3.63) is 65.5 Å². The number of carbonyl (C=O) groups excluding carboxylic acids is 2. The van der Waals surface area contributed by atoms with Crippen LogP contribution in [0.4, 0.5) is 10.1 Å². The zero-order valence-electron chi connectivity index (χ0n) is 15.0. The number of nitrogens with two attached hydrogens (primary N) is 1. The lowest BCUT2D eigenvalue weighted by atomic mass is 10.1. The van der Waals surface area contributed by atoms with Gasteiger partial charge in [0.05, 0.1) is 11.1 Å². The summed E-state index contributed by atoms with van der Waals surface area (Å²) in [6.07, 6.45) is 0. The van der Waals surface area contributed by atoms with Crippen molar-refractivity contribution in [1.29, 1.82) is 0 Å². The first-order valence-electron chi connectivity index (χ1n) is 8.95. The first-order valence-corrected chi connectivity index (χ1v) is 8.95. The lowest BCUT2D eigenvalue weighted by Gasteiger charge is -2.35. The molecule has 1 aliphatic heterocycles. The van der Waals surface area contributed by atoms with Gasteiger partial charge in [0.2, 0.25) is 0 Å². The van der Waals surface area contributed by atoms with Crippen LogP contribution >= 0.6 is 0 Å². The van der Waals surface area contributed by atoms with Gasteiger partial charge >= 0.3 is 0 Å². The summed E-state index contributed by atoms with van der Waals surface area (Å²) in [4.78, 5) is 28.5. The number of amides is 2. The van der Waals surface area contributed by atoms with E-state index in [1.165, 1.54) is 12.1 Å². The molecule has 3 N–H and O–H groups in total. The average Bonchev–Trinajstić information content (AvgIpc) is 2.68. The number of nitrogen functional groups attached to an aromatic ring is 1. The maximum Gasteiger partial charge on any atom is 0.256 e. The van der Waals surface area contributed by atoms with E-state index in [2.05, 4.69) is 10.2 Å². The number of nitrogens with zero attached hydrogens (tertiary/aromatic N) is 2. The normalized spacial score (nSPS) is 14.8. The van der Waals surface area contributed by atoms with Crippen molar-refractivity contribution in [3.63, 3.8) is 0 Å². The van der Waals surface area contributed by atoms with E-state index in [-0.39, 0.29) is 11.5 Å². The third-order valence-corrected chi connectivity index (χ3v) is 4.68. The van der Waals surface area contributed by atoms with Gasteiger partial charge in [-0.3, -0.25) is 14.5 Å². The molecule has 2 amide bonds. The highest BCUT2D eigenvalue weighted by Gasteiger charge is 2.23. The van der Waals surface area contributed by atoms with Crippen LogP contribution in [-0.2, 0) is 0 Å². The van der Waals surface area contributed by atoms with Gasteiger partial charge in [-0.25, -0.2) is 4.39 Å². The maximum absolute atomic E-state index is 13.6. The topological polar surface area (TPSA) is 78.7 Å².